The molecular formula is C13H16F2N2O. The highest BCUT2D eigenvalue weighted by Crippen LogP contribution is 2.12. The minimum Gasteiger partial charge on any atom is -0.348 e. The van der Waals surface area contributed by atoms with Crippen LogP contribution >= 0.6 is 0 Å². The number of hydrogen-bond acceptors (Lipinski definition) is 2. The molecule has 1 amide bonds. The van der Waals surface area contributed by atoms with Gasteiger partial charge in [-0.05, 0) is 38.6 Å². The van der Waals surface area contributed by atoms with Crippen LogP contribution in [0, 0.1) is 11.6 Å². The predicted molar refractivity (Wildman–Crippen MR) is 64.3 cm³/mol. The average Bonchev–Trinajstić information content (AvgIpc) is 2.28. The molecule has 0 saturated carbocycles. The lowest BCUT2D eigenvalue weighted by molar-refractivity contribution is 0.0908. The number of piperidine rings is 1. The molecule has 1 aliphatic rings. The van der Waals surface area contributed by atoms with Crippen LogP contribution in [-0.4, -0.2) is 37.0 Å². The van der Waals surface area contributed by atoms with E-state index in [4.69, 9.17) is 0 Å². The van der Waals surface area contributed by atoms with E-state index in [2.05, 4.69) is 10.2 Å². The second kappa shape index (κ2) is 5.44. The molecular weight excluding hydrogens is 238 g/mol. The fraction of sp³-hybridized carbons (Fsp3) is 0.462. The first-order valence-corrected chi connectivity index (χ1v) is 6.00. The van der Waals surface area contributed by atoms with Crippen molar-refractivity contribution in [2.45, 2.75) is 18.9 Å². The maximum absolute atomic E-state index is 13.4. The SMILES string of the molecule is CN1CCC[C@@H](NC(=O)c2ccc(F)cc2F)C1. The molecule has 1 atom stereocenters. The second-order valence-electron chi connectivity index (χ2n) is 4.70. The number of halogens is 2. The Labute approximate surface area is 105 Å². The number of amides is 1. The Bertz CT molecular complexity index is 451. The molecule has 5 heteroatoms. The van der Waals surface area contributed by atoms with Crippen molar-refractivity contribution in [3.05, 3.63) is 35.4 Å². The summed E-state index contributed by atoms with van der Waals surface area (Å²) in [5, 5.41) is 2.78. The van der Waals surface area contributed by atoms with E-state index in [1.807, 2.05) is 7.05 Å². The quantitative estimate of drug-likeness (QED) is 0.872. The topological polar surface area (TPSA) is 32.3 Å². The van der Waals surface area contributed by atoms with Gasteiger partial charge >= 0.3 is 0 Å². The fourth-order valence-corrected chi connectivity index (χ4v) is 2.22. The van der Waals surface area contributed by atoms with Crippen LogP contribution in [0.5, 0.6) is 0 Å². The van der Waals surface area contributed by atoms with Gasteiger partial charge in [-0.3, -0.25) is 4.79 Å². The van der Waals surface area contributed by atoms with Gasteiger partial charge in [0.25, 0.3) is 5.91 Å². The zero-order valence-electron chi connectivity index (χ0n) is 10.2. The van der Waals surface area contributed by atoms with Gasteiger partial charge < -0.3 is 10.2 Å². The number of carbonyl (C=O) groups is 1. The van der Waals surface area contributed by atoms with Crippen LogP contribution < -0.4 is 5.32 Å². The van der Waals surface area contributed by atoms with Crippen molar-refractivity contribution in [3.8, 4) is 0 Å². The number of benzene rings is 1. The summed E-state index contributed by atoms with van der Waals surface area (Å²) in [6.45, 7) is 1.77. The molecule has 3 nitrogen and oxygen atoms in total. The number of rotatable bonds is 2. The smallest absolute Gasteiger partial charge is 0.254 e. The van der Waals surface area contributed by atoms with Gasteiger partial charge in [0, 0.05) is 18.7 Å². The fourth-order valence-electron chi connectivity index (χ4n) is 2.22. The van der Waals surface area contributed by atoms with Crippen molar-refractivity contribution >= 4 is 5.91 Å². The van der Waals surface area contributed by atoms with Crippen LogP contribution in [0.3, 0.4) is 0 Å². The maximum atomic E-state index is 13.4. The van der Waals surface area contributed by atoms with Gasteiger partial charge in [-0.15, -0.1) is 0 Å². The molecule has 1 aliphatic heterocycles. The lowest BCUT2D eigenvalue weighted by Gasteiger charge is -2.30. The molecule has 1 heterocycles. The molecule has 0 spiro atoms. The standard InChI is InChI=1S/C13H16F2N2O/c1-17-6-2-3-10(8-17)16-13(18)11-5-4-9(14)7-12(11)15/h4-5,7,10H,2-3,6,8H2,1H3,(H,16,18)/t10-/m1/s1. The van der Waals surface area contributed by atoms with Crippen LogP contribution in [0.1, 0.15) is 23.2 Å². The minimum atomic E-state index is -0.823. The van der Waals surface area contributed by atoms with E-state index in [1.165, 1.54) is 6.07 Å². The molecule has 1 aromatic rings. The summed E-state index contributed by atoms with van der Waals surface area (Å²) in [6.07, 6.45) is 1.90. The zero-order chi connectivity index (χ0) is 13.1. The van der Waals surface area contributed by atoms with E-state index in [0.717, 1.165) is 38.1 Å². The molecule has 0 aromatic heterocycles. The number of likely N-dealkylation sites (N-methyl/N-ethyl adjacent to an activating group) is 1. The highest BCUT2D eigenvalue weighted by molar-refractivity contribution is 5.94. The molecule has 0 bridgehead atoms. The van der Waals surface area contributed by atoms with Gasteiger partial charge in [-0.2, -0.15) is 0 Å². The van der Waals surface area contributed by atoms with Gasteiger partial charge in [0.15, 0.2) is 0 Å². The Hall–Kier alpha value is -1.49. The van der Waals surface area contributed by atoms with Gasteiger partial charge in [0.1, 0.15) is 11.6 Å². The maximum Gasteiger partial charge on any atom is 0.254 e. The summed E-state index contributed by atoms with van der Waals surface area (Å²) in [5.41, 5.74) is -0.107. The number of nitrogens with zero attached hydrogens (tertiary/aromatic N) is 1. The van der Waals surface area contributed by atoms with E-state index >= 15 is 0 Å². The van der Waals surface area contributed by atoms with E-state index in [-0.39, 0.29) is 11.6 Å². The van der Waals surface area contributed by atoms with Crippen LogP contribution in [0.25, 0.3) is 0 Å². The summed E-state index contributed by atoms with van der Waals surface area (Å²) >= 11 is 0. The summed E-state index contributed by atoms with van der Waals surface area (Å²) in [7, 11) is 1.98. The highest BCUT2D eigenvalue weighted by atomic mass is 19.1. The van der Waals surface area contributed by atoms with Crippen molar-refractivity contribution in [2.24, 2.45) is 0 Å². The van der Waals surface area contributed by atoms with Gasteiger partial charge in [0.2, 0.25) is 0 Å². The monoisotopic (exact) mass is 254 g/mol. The summed E-state index contributed by atoms with van der Waals surface area (Å²) in [4.78, 5) is 14.0. The summed E-state index contributed by atoms with van der Waals surface area (Å²) in [6, 6.07) is 3.01. The van der Waals surface area contributed by atoms with Crippen LogP contribution in [-0.2, 0) is 0 Å². The lowest BCUT2D eigenvalue weighted by Crippen LogP contribution is -2.46. The largest absolute Gasteiger partial charge is 0.348 e. The Balaban J connectivity index is 2.03. The van der Waals surface area contributed by atoms with Crippen LogP contribution in [0.2, 0.25) is 0 Å². The van der Waals surface area contributed by atoms with Crippen molar-refractivity contribution in [1.29, 1.82) is 0 Å². The number of hydrogen-bond donors (Lipinski definition) is 1. The number of likely N-dealkylation sites (tertiary alicyclic amines) is 1. The average molecular weight is 254 g/mol. The molecule has 0 aliphatic carbocycles. The van der Waals surface area contributed by atoms with Crippen molar-refractivity contribution < 1.29 is 13.6 Å². The molecule has 1 aromatic carbocycles. The molecule has 1 N–H and O–H groups in total. The van der Waals surface area contributed by atoms with Crippen LogP contribution in [0.4, 0.5) is 8.78 Å². The number of carbonyl (C=O) groups excluding carboxylic acids is 1. The summed E-state index contributed by atoms with van der Waals surface area (Å²) in [5.74, 6) is -1.98. The molecule has 0 radical (unpaired) electrons. The van der Waals surface area contributed by atoms with Crippen molar-refractivity contribution in [1.82, 2.24) is 10.2 Å². The Morgan fingerprint density at radius 3 is 2.89 bits per heavy atom. The van der Waals surface area contributed by atoms with E-state index < -0.39 is 17.5 Å². The first-order chi connectivity index (χ1) is 8.56. The summed E-state index contributed by atoms with van der Waals surface area (Å²) < 4.78 is 26.2. The third-order valence-electron chi connectivity index (χ3n) is 3.14. The second-order valence-corrected chi connectivity index (χ2v) is 4.70. The normalized spacial score (nSPS) is 20.7. The minimum absolute atomic E-state index is 0.0284. The highest BCUT2D eigenvalue weighted by Gasteiger charge is 2.21. The zero-order valence-corrected chi connectivity index (χ0v) is 10.2. The molecule has 18 heavy (non-hydrogen) atoms. The molecule has 2 rings (SSSR count). The first-order valence-electron chi connectivity index (χ1n) is 6.00. The van der Waals surface area contributed by atoms with Crippen molar-refractivity contribution in [3.63, 3.8) is 0 Å². The third-order valence-corrected chi connectivity index (χ3v) is 3.14. The molecule has 0 unspecified atom stereocenters. The first kappa shape index (κ1) is 13.0. The van der Waals surface area contributed by atoms with Gasteiger partial charge in [-0.25, -0.2) is 8.78 Å². The Kier molecular flexibility index (Phi) is 3.91. The predicted octanol–water partition coefficient (Wildman–Crippen LogP) is 1.79. The van der Waals surface area contributed by atoms with Crippen LogP contribution in [0.15, 0.2) is 18.2 Å². The van der Waals surface area contributed by atoms with E-state index in [0.29, 0.717) is 0 Å². The lowest BCUT2D eigenvalue weighted by atomic mass is 10.1. The molecule has 1 saturated heterocycles. The van der Waals surface area contributed by atoms with Crippen molar-refractivity contribution in [2.75, 3.05) is 20.1 Å². The Morgan fingerprint density at radius 1 is 1.44 bits per heavy atom. The van der Waals surface area contributed by atoms with Gasteiger partial charge in [-0.1, -0.05) is 0 Å². The molecule has 1 fully saturated rings. The number of nitrogens with one attached hydrogen (secondary N) is 1. The third kappa shape index (κ3) is 3.04. The van der Waals surface area contributed by atoms with E-state index in [1.54, 1.807) is 0 Å². The Morgan fingerprint density at radius 2 is 2.22 bits per heavy atom. The van der Waals surface area contributed by atoms with Gasteiger partial charge in [0.05, 0.1) is 5.56 Å². The molecule has 98 valence electrons. The van der Waals surface area contributed by atoms with E-state index in [9.17, 15) is 13.6 Å².